The minimum atomic E-state index is 0.00985. The largest absolute Gasteiger partial charge is 0.361 e. The van der Waals surface area contributed by atoms with E-state index < -0.39 is 0 Å². The summed E-state index contributed by atoms with van der Waals surface area (Å²) < 4.78 is 5.17. The SMILES string of the molecule is Cc1nc(N2CCCN(C(=O)c3c(C)noc3C)CC2)nc2c1CCCC2. The van der Waals surface area contributed by atoms with Crippen LogP contribution in [0.15, 0.2) is 4.52 Å². The van der Waals surface area contributed by atoms with Crippen LogP contribution in [-0.2, 0) is 12.8 Å². The molecule has 0 saturated carbocycles. The molecule has 0 bridgehead atoms. The second-order valence-electron chi connectivity index (χ2n) is 7.57. The number of aromatic nitrogens is 3. The maximum absolute atomic E-state index is 12.9. The van der Waals surface area contributed by atoms with Gasteiger partial charge < -0.3 is 14.3 Å². The average Bonchev–Trinajstić information content (AvgIpc) is 2.86. The van der Waals surface area contributed by atoms with Gasteiger partial charge >= 0.3 is 0 Å². The van der Waals surface area contributed by atoms with Crippen LogP contribution in [0.2, 0.25) is 0 Å². The number of amides is 1. The Labute approximate surface area is 159 Å². The summed E-state index contributed by atoms with van der Waals surface area (Å²) in [6.07, 6.45) is 5.49. The van der Waals surface area contributed by atoms with Crippen molar-refractivity contribution in [3.8, 4) is 0 Å². The van der Waals surface area contributed by atoms with Crippen molar-refractivity contribution in [3.05, 3.63) is 34.0 Å². The molecular weight excluding hydrogens is 342 g/mol. The van der Waals surface area contributed by atoms with Crippen molar-refractivity contribution in [3.63, 3.8) is 0 Å². The average molecular weight is 369 g/mol. The first-order valence-corrected chi connectivity index (χ1v) is 9.88. The zero-order chi connectivity index (χ0) is 19.0. The van der Waals surface area contributed by atoms with Gasteiger partial charge in [-0.15, -0.1) is 0 Å². The standard InChI is InChI=1S/C20H27N5O2/c1-13-16-7-4-5-8-17(16)22-20(21-13)25-10-6-9-24(11-12-25)19(26)18-14(2)23-27-15(18)3/h4-12H2,1-3H3. The molecule has 1 aliphatic carbocycles. The van der Waals surface area contributed by atoms with E-state index >= 15 is 0 Å². The van der Waals surface area contributed by atoms with Crippen molar-refractivity contribution in [2.24, 2.45) is 0 Å². The van der Waals surface area contributed by atoms with E-state index in [0.29, 0.717) is 23.6 Å². The summed E-state index contributed by atoms with van der Waals surface area (Å²) in [5.74, 6) is 1.42. The monoisotopic (exact) mass is 369 g/mol. The second kappa shape index (κ2) is 7.29. The van der Waals surface area contributed by atoms with Crippen molar-refractivity contribution < 1.29 is 9.32 Å². The van der Waals surface area contributed by atoms with Crippen LogP contribution in [0.4, 0.5) is 5.95 Å². The second-order valence-corrected chi connectivity index (χ2v) is 7.57. The van der Waals surface area contributed by atoms with Gasteiger partial charge in [-0.3, -0.25) is 4.79 Å². The van der Waals surface area contributed by atoms with Gasteiger partial charge in [0.05, 0.1) is 5.69 Å². The molecule has 2 aliphatic rings. The van der Waals surface area contributed by atoms with Crippen LogP contribution in [0.1, 0.15) is 58.0 Å². The van der Waals surface area contributed by atoms with Crippen LogP contribution >= 0.6 is 0 Å². The van der Waals surface area contributed by atoms with Crippen LogP contribution in [0, 0.1) is 20.8 Å². The minimum absolute atomic E-state index is 0.00985. The Morgan fingerprint density at radius 3 is 2.52 bits per heavy atom. The number of hydrogen-bond donors (Lipinski definition) is 0. The molecule has 7 nitrogen and oxygen atoms in total. The number of fused-ring (bicyclic) bond motifs is 1. The fraction of sp³-hybridized carbons (Fsp3) is 0.600. The molecule has 0 unspecified atom stereocenters. The number of rotatable bonds is 2. The van der Waals surface area contributed by atoms with Crippen molar-refractivity contribution in [1.82, 2.24) is 20.0 Å². The number of hydrogen-bond acceptors (Lipinski definition) is 6. The number of nitrogens with zero attached hydrogens (tertiary/aromatic N) is 5. The number of carbonyl (C=O) groups is 1. The molecule has 2 aromatic heterocycles. The van der Waals surface area contributed by atoms with E-state index in [1.165, 1.54) is 24.1 Å². The van der Waals surface area contributed by atoms with Crippen LogP contribution in [0.3, 0.4) is 0 Å². The first-order chi connectivity index (χ1) is 13.0. The highest BCUT2D eigenvalue weighted by Gasteiger charge is 2.26. The van der Waals surface area contributed by atoms with E-state index in [9.17, 15) is 4.79 Å². The molecular formula is C20H27N5O2. The highest BCUT2D eigenvalue weighted by molar-refractivity contribution is 5.96. The van der Waals surface area contributed by atoms with Gasteiger partial charge in [0.2, 0.25) is 5.95 Å². The number of carbonyl (C=O) groups excluding carboxylic acids is 1. The predicted molar refractivity (Wildman–Crippen MR) is 102 cm³/mol. The molecule has 1 fully saturated rings. The maximum atomic E-state index is 12.9. The predicted octanol–water partition coefficient (Wildman–Crippen LogP) is 2.62. The van der Waals surface area contributed by atoms with E-state index in [1.807, 2.05) is 11.8 Å². The van der Waals surface area contributed by atoms with E-state index in [1.54, 1.807) is 6.92 Å². The van der Waals surface area contributed by atoms with Gasteiger partial charge in [0.25, 0.3) is 5.91 Å². The van der Waals surface area contributed by atoms with Crippen LogP contribution < -0.4 is 4.90 Å². The first kappa shape index (κ1) is 17.9. The molecule has 1 amide bonds. The summed E-state index contributed by atoms with van der Waals surface area (Å²) in [5.41, 5.74) is 4.94. The van der Waals surface area contributed by atoms with Gasteiger partial charge in [0.1, 0.15) is 11.3 Å². The third-order valence-electron chi connectivity index (χ3n) is 5.69. The minimum Gasteiger partial charge on any atom is -0.361 e. The lowest BCUT2D eigenvalue weighted by Gasteiger charge is -2.24. The number of aryl methyl sites for hydroxylation is 4. The maximum Gasteiger partial charge on any atom is 0.259 e. The number of anilines is 1. The Balaban J connectivity index is 1.51. The zero-order valence-electron chi connectivity index (χ0n) is 16.4. The van der Waals surface area contributed by atoms with Crippen molar-refractivity contribution in [2.75, 3.05) is 31.1 Å². The van der Waals surface area contributed by atoms with Gasteiger partial charge in [-0.1, -0.05) is 5.16 Å². The molecule has 27 heavy (non-hydrogen) atoms. The van der Waals surface area contributed by atoms with E-state index in [4.69, 9.17) is 14.5 Å². The molecule has 0 N–H and O–H groups in total. The summed E-state index contributed by atoms with van der Waals surface area (Å²) >= 11 is 0. The molecule has 3 heterocycles. The van der Waals surface area contributed by atoms with Crippen molar-refractivity contribution in [1.29, 1.82) is 0 Å². The lowest BCUT2D eigenvalue weighted by molar-refractivity contribution is 0.0764. The lowest BCUT2D eigenvalue weighted by atomic mass is 9.95. The fourth-order valence-corrected chi connectivity index (χ4v) is 4.17. The Morgan fingerprint density at radius 1 is 0.926 bits per heavy atom. The molecule has 0 radical (unpaired) electrons. The van der Waals surface area contributed by atoms with E-state index in [0.717, 1.165) is 50.5 Å². The molecule has 0 atom stereocenters. The van der Waals surface area contributed by atoms with Gasteiger partial charge in [-0.2, -0.15) is 0 Å². The van der Waals surface area contributed by atoms with Crippen molar-refractivity contribution in [2.45, 2.75) is 52.9 Å². The Hall–Kier alpha value is -2.44. The van der Waals surface area contributed by atoms with Gasteiger partial charge in [-0.25, -0.2) is 9.97 Å². The Kier molecular flexibility index (Phi) is 4.85. The normalized spacial score (nSPS) is 17.6. The van der Waals surface area contributed by atoms with Crippen LogP contribution in [-0.4, -0.2) is 52.1 Å². The van der Waals surface area contributed by atoms with Crippen molar-refractivity contribution >= 4 is 11.9 Å². The van der Waals surface area contributed by atoms with Gasteiger partial charge in [-0.05, 0) is 58.4 Å². The highest BCUT2D eigenvalue weighted by atomic mass is 16.5. The quantitative estimate of drug-likeness (QED) is 0.810. The van der Waals surface area contributed by atoms with Gasteiger partial charge in [0, 0.05) is 37.6 Å². The zero-order valence-corrected chi connectivity index (χ0v) is 16.4. The third kappa shape index (κ3) is 3.42. The summed E-state index contributed by atoms with van der Waals surface area (Å²) in [6, 6.07) is 0. The van der Waals surface area contributed by atoms with E-state index in [-0.39, 0.29) is 5.91 Å². The lowest BCUT2D eigenvalue weighted by Crippen LogP contribution is -2.36. The molecule has 144 valence electrons. The van der Waals surface area contributed by atoms with E-state index in [2.05, 4.69) is 17.0 Å². The summed E-state index contributed by atoms with van der Waals surface area (Å²) in [5, 5.41) is 3.92. The third-order valence-corrected chi connectivity index (χ3v) is 5.69. The Bertz CT molecular complexity index is 841. The van der Waals surface area contributed by atoms with Crippen LogP contribution in [0.5, 0.6) is 0 Å². The molecule has 0 aromatic carbocycles. The molecule has 1 aliphatic heterocycles. The highest BCUT2D eigenvalue weighted by Crippen LogP contribution is 2.25. The molecule has 2 aromatic rings. The van der Waals surface area contributed by atoms with Gasteiger partial charge in [0.15, 0.2) is 0 Å². The topological polar surface area (TPSA) is 75.4 Å². The van der Waals surface area contributed by atoms with Crippen LogP contribution in [0.25, 0.3) is 0 Å². The fourth-order valence-electron chi connectivity index (χ4n) is 4.17. The molecule has 1 saturated heterocycles. The molecule has 4 rings (SSSR count). The summed E-state index contributed by atoms with van der Waals surface area (Å²) in [7, 11) is 0. The first-order valence-electron chi connectivity index (χ1n) is 9.88. The smallest absolute Gasteiger partial charge is 0.259 e. The Morgan fingerprint density at radius 2 is 1.74 bits per heavy atom. The summed E-state index contributed by atoms with van der Waals surface area (Å²) in [4.78, 5) is 26.7. The molecule has 0 spiro atoms. The summed E-state index contributed by atoms with van der Waals surface area (Å²) in [6.45, 7) is 8.70. The molecule has 7 heteroatoms.